The van der Waals surface area contributed by atoms with Gasteiger partial charge in [-0.3, -0.25) is 34.3 Å². The zero-order chi connectivity index (χ0) is 20.1. The average Bonchev–Trinajstić information content (AvgIpc) is 3.33. The van der Waals surface area contributed by atoms with Gasteiger partial charge in [-0.05, 0) is 43.9 Å². The average molecular weight is 396 g/mol. The third-order valence-corrected chi connectivity index (χ3v) is 6.43. The van der Waals surface area contributed by atoms with E-state index in [4.69, 9.17) is 0 Å². The quantitative estimate of drug-likeness (QED) is 0.700. The van der Waals surface area contributed by atoms with E-state index in [9.17, 15) is 19.2 Å². The molecule has 8 heteroatoms. The summed E-state index contributed by atoms with van der Waals surface area (Å²) in [6.07, 6.45) is 3.72. The van der Waals surface area contributed by atoms with Crippen LogP contribution in [0.15, 0.2) is 18.2 Å². The van der Waals surface area contributed by atoms with Crippen molar-refractivity contribution < 1.29 is 19.2 Å². The van der Waals surface area contributed by atoms with Crippen LogP contribution in [0.2, 0.25) is 0 Å². The van der Waals surface area contributed by atoms with Crippen molar-refractivity contribution in [3.05, 3.63) is 34.9 Å². The first kappa shape index (κ1) is 18.4. The maximum absolute atomic E-state index is 13.3. The summed E-state index contributed by atoms with van der Waals surface area (Å²) in [5, 5.41) is 5.65. The van der Waals surface area contributed by atoms with Crippen LogP contribution >= 0.6 is 0 Å². The highest BCUT2D eigenvalue weighted by atomic mass is 16.2. The molecule has 0 bridgehead atoms. The lowest BCUT2D eigenvalue weighted by molar-refractivity contribution is -0.136. The van der Waals surface area contributed by atoms with E-state index in [0.29, 0.717) is 29.8 Å². The van der Waals surface area contributed by atoms with Gasteiger partial charge in [-0.1, -0.05) is 12.1 Å². The molecule has 3 heterocycles. The third kappa shape index (κ3) is 3.16. The Labute approximate surface area is 168 Å². The van der Waals surface area contributed by atoms with E-state index in [0.717, 1.165) is 30.0 Å². The molecule has 3 fully saturated rings. The Morgan fingerprint density at radius 2 is 1.83 bits per heavy atom. The maximum Gasteiger partial charge on any atom is 0.262 e. The minimum atomic E-state index is -0.925. The summed E-state index contributed by atoms with van der Waals surface area (Å²) >= 11 is 0. The Balaban J connectivity index is 1.44. The van der Waals surface area contributed by atoms with Gasteiger partial charge >= 0.3 is 0 Å². The summed E-state index contributed by atoms with van der Waals surface area (Å²) in [5.41, 5.74) is 1.62. The van der Waals surface area contributed by atoms with E-state index in [1.807, 2.05) is 12.1 Å². The van der Waals surface area contributed by atoms with Gasteiger partial charge in [0.25, 0.3) is 11.8 Å². The van der Waals surface area contributed by atoms with Gasteiger partial charge in [0.15, 0.2) is 0 Å². The van der Waals surface area contributed by atoms with Crippen LogP contribution in [-0.4, -0.2) is 64.6 Å². The Morgan fingerprint density at radius 1 is 1.00 bits per heavy atom. The number of benzene rings is 1. The van der Waals surface area contributed by atoms with Crippen molar-refractivity contribution in [3.63, 3.8) is 0 Å². The molecule has 3 aliphatic heterocycles. The Kier molecular flexibility index (Phi) is 4.48. The van der Waals surface area contributed by atoms with Gasteiger partial charge in [-0.2, -0.15) is 0 Å². The van der Waals surface area contributed by atoms with Crippen LogP contribution < -0.4 is 10.6 Å². The van der Waals surface area contributed by atoms with Crippen molar-refractivity contribution in [1.29, 1.82) is 0 Å². The molecule has 1 aliphatic carbocycles. The number of fused-ring (bicyclic) bond motifs is 1. The molecule has 8 nitrogen and oxygen atoms in total. The van der Waals surface area contributed by atoms with Gasteiger partial charge in [-0.15, -0.1) is 0 Å². The molecule has 2 N–H and O–H groups in total. The number of carbonyl (C=O) groups is 4. The Bertz CT molecular complexity index is 904. The molecule has 1 aromatic carbocycles. The second kappa shape index (κ2) is 7.03. The predicted molar refractivity (Wildman–Crippen MR) is 103 cm³/mol. The zero-order valence-electron chi connectivity index (χ0n) is 16.1. The number of nitrogens with one attached hydrogen (secondary N) is 2. The number of hydrogen-bond acceptors (Lipinski definition) is 6. The van der Waals surface area contributed by atoms with Crippen molar-refractivity contribution in [1.82, 2.24) is 20.4 Å². The molecule has 0 radical (unpaired) electrons. The van der Waals surface area contributed by atoms with Crippen LogP contribution in [0.25, 0.3) is 0 Å². The van der Waals surface area contributed by atoms with Crippen LogP contribution in [0.1, 0.15) is 58.4 Å². The molecule has 1 aromatic rings. The number of rotatable bonds is 5. The molecule has 1 saturated carbocycles. The monoisotopic (exact) mass is 396 g/mol. The number of piperidine rings is 1. The number of hydrogen-bond donors (Lipinski definition) is 2. The van der Waals surface area contributed by atoms with E-state index in [1.165, 1.54) is 12.8 Å². The first-order valence-corrected chi connectivity index (χ1v) is 10.3. The fraction of sp³-hybridized carbons (Fsp3) is 0.524. The molecule has 4 amide bonds. The highest BCUT2D eigenvalue weighted by Crippen LogP contribution is 2.35. The summed E-state index contributed by atoms with van der Waals surface area (Å²) in [4.78, 5) is 53.5. The minimum absolute atomic E-state index is 0.126. The van der Waals surface area contributed by atoms with Crippen molar-refractivity contribution in [2.45, 2.75) is 56.8 Å². The van der Waals surface area contributed by atoms with E-state index in [1.54, 1.807) is 6.07 Å². The Hall–Kier alpha value is -2.58. The summed E-state index contributed by atoms with van der Waals surface area (Å²) in [5.74, 6) is -1.81. The third-order valence-electron chi connectivity index (χ3n) is 6.43. The fourth-order valence-corrected chi connectivity index (χ4v) is 4.80. The molecule has 29 heavy (non-hydrogen) atoms. The maximum atomic E-state index is 13.3. The van der Waals surface area contributed by atoms with Gasteiger partial charge in [0.2, 0.25) is 11.8 Å². The molecule has 5 rings (SSSR count). The van der Waals surface area contributed by atoms with Gasteiger partial charge in [0, 0.05) is 31.6 Å². The van der Waals surface area contributed by atoms with Crippen LogP contribution in [0.4, 0.5) is 0 Å². The minimum Gasteiger partial charge on any atom is -0.315 e. The van der Waals surface area contributed by atoms with Crippen LogP contribution in [0.3, 0.4) is 0 Å². The fourth-order valence-electron chi connectivity index (χ4n) is 4.80. The van der Waals surface area contributed by atoms with Gasteiger partial charge < -0.3 is 5.32 Å². The van der Waals surface area contributed by atoms with Crippen molar-refractivity contribution in [2.24, 2.45) is 0 Å². The molecule has 4 aliphatic rings. The summed E-state index contributed by atoms with van der Waals surface area (Å²) in [7, 11) is 0. The number of amides is 4. The van der Waals surface area contributed by atoms with Crippen molar-refractivity contribution in [3.8, 4) is 0 Å². The normalized spacial score (nSPS) is 27.0. The molecule has 152 valence electrons. The van der Waals surface area contributed by atoms with Gasteiger partial charge in [-0.25, -0.2) is 0 Å². The van der Waals surface area contributed by atoms with E-state index in [2.05, 4.69) is 15.5 Å². The van der Waals surface area contributed by atoms with Crippen LogP contribution in [0.5, 0.6) is 0 Å². The Morgan fingerprint density at radius 3 is 2.52 bits per heavy atom. The van der Waals surface area contributed by atoms with Crippen LogP contribution in [-0.2, 0) is 16.1 Å². The highest BCUT2D eigenvalue weighted by molar-refractivity contribution is 6.24. The van der Waals surface area contributed by atoms with Gasteiger partial charge in [0.05, 0.1) is 11.1 Å². The van der Waals surface area contributed by atoms with Crippen LogP contribution in [0, 0.1) is 0 Å². The highest BCUT2D eigenvalue weighted by Gasteiger charge is 2.46. The van der Waals surface area contributed by atoms with Crippen molar-refractivity contribution >= 4 is 23.6 Å². The zero-order valence-corrected chi connectivity index (χ0v) is 16.1. The van der Waals surface area contributed by atoms with E-state index >= 15 is 0 Å². The van der Waals surface area contributed by atoms with Crippen molar-refractivity contribution in [2.75, 3.05) is 13.1 Å². The number of imide groups is 2. The predicted octanol–water partition coefficient (Wildman–Crippen LogP) is 0.414. The lowest BCUT2D eigenvalue weighted by atomic mass is 10.0. The number of carbonyl (C=O) groups excluding carboxylic acids is 4. The molecule has 0 spiro atoms. The standard InChI is InChI=1S/C21H24N4O4/c26-17-7-6-16(19(27)23-17)25-20(28)15-3-1-2-12(18(15)21(25)29)11-24(13-4-5-13)14-8-9-22-10-14/h1-3,13-14,16,22H,4-11H2,(H,23,26,27). The van der Waals surface area contributed by atoms with E-state index in [-0.39, 0.29) is 18.7 Å². The number of nitrogens with zero attached hydrogens (tertiary/aromatic N) is 2. The second-order valence-corrected chi connectivity index (χ2v) is 8.34. The molecule has 2 saturated heterocycles. The first-order valence-electron chi connectivity index (χ1n) is 10.3. The lowest BCUT2D eigenvalue weighted by Gasteiger charge is -2.29. The van der Waals surface area contributed by atoms with Gasteiger partial charge in [0.1, 0.15) is 6.04 Å². The molecular weight excluding hydrogens is 372 g/mol. The first-order chi connectivity index (χ1) is 14.0. The summed E-state index contributed by atoms with van der Waals surface area (Å²) in [6, 6.07) is 5.43. The molecule has 2 atom stereocenters. The van der Waals surface area contributed by atoms with E-state index < -0.39 is 23.8 Å². The topological polar surface area (TPSA) is 98.8 Å². The second-order valence-electron chi connectivity index (χ2n) is 8.34. The SMILES string of the molecule is O=C1CCC(N2C(=O)c3cccc(CN(C4CC4)C4CCNC4)c3C2=O)C(=O)N1. The molecule has 0 aromatic heterocycles. The smallest absolute Gasteiger partial charge is 0.262 e. The summed E-state index contributed by atoms with van der Waals surface area (Å²) < 4.78 is 0. The molecular formula is C21H24N4O4. The molecule has 2 unspecified atom stereocenters. The largest absolute Gasteiger partial charge is 0.315 e. The lowest BCUT2D eigenvalue weighted by Crippen LogP contribution is -2.54. The summed E-state index contributed by atoms with van der Waals surface area (Å²) in [6.45, 7) is 2.57.